The Hall–Kier alpha value is -0.380. The molecule has 3 fully saturated rings. The van der Waals surface area contributed by atoms with Crippen molar-refractivity contribution in [3.63, 3.8) is 0 Å². The molecule has 7 atom stereocenters. The largest absolute Gasteiger partial charge is 0.390 e. The van der Waals surface area contributed by atoms with Gasteiger partial charge >= 0.3 is 0 Å². The lowest BCUT2D eigenvalue weighted by Crippen LogP contribution is -2.72. The third-order valence-corrected chi connectivity index (χ3v) is 7.85. The second kappa shape index (κ2) is 5.06. The number of fused-ring (bicyclic) bond motifs is 3. The smallest absolute Gasteiger partial charge is 0.109 e. The monoisotopic (exact) mass is 322 g/mol. The Balaban J connectivity index is 2.07. The quantitative estimate of drug-likeness (QED) is 0.649. The minimum atomic E-state index is -1.21. The van der Waals surface area contributed by atoms with Crippen molar-refractivity contribution >= 4 is 0 Å². The van der Waals surface area contributed by atoms with Gasteiger partial charge in [-0.05, 0) is 60.2 Å². The SMILES string of the molecule is C=CC1(C)CCC2C3(C)CCCC(C)(C)C3C(O)C(O)C2(O)C1. The van der Waals surface area contributed by atoms with Crippen LogP contribution in [0.15, 0.2) is 12.7 Å². The van der Waals surface area contributed by atoms with Crippen LogP contribution in [0.25, 0.3) is 0 Å². The molecule has 3 heteroatoms. The van der Waals surface area contributed by atoms with Gasteiger partial charge in [0.2, 0.25) is 0 Å². The number of hydrogen-bond acceptors (Lipinski definition) is 3. The normalized spacial score (nSPS) is 55.6. The summed E-state index contributed by atoms with van der Waals surface area (Å²) < 4.78 is 0. The summed E-state index contributed by atoms with van der Waals surface area (Å²) in [4.78, 5) is 0. The molecule has 0 aromatic rings. The molecule has 0 aromatic heterocycles. The molecule has 3 saturated carbocycles. The number of allylic oxidation sites excluding steroid dienone is 1. The number of hydrogen-bond donors (Lipinski definition) is 3. The highest BCUT2D eigenvalue weighted by Gasteiger charge is 2.68. The van der Waals surface area contributed by atoms with E-state index in [0.717, 1.165) is 32.1 Å². The van der Waals surface area contributed by atoms with E-state index >= 15 is 0 Å². The summed E-state index contributed by atoms with van der Waals surface area (Å²) in [6.07, 6.45) is 5.62. The minimum absolute atomic E-state index is 0.00604. The highest BCUT2D eigenvalue weighted by atomic mass is 16.4. The molecule has 0 heterocycles. The van der Waals surface area contributed by atoms with Crippen molar-refractivity contribution in [2.45, 2.75) is 84.0 Å². The molecule has 0 aromatic carbocycles. The molecule has 3 rings (SSSR count). The van der Waals surface area contributed by atoms with Crippen molar-refractivity contribution in [2.24, 2.45) is 28.1 Å². The van der Waals surface area contributed by atoms with E-state index in [1.54, 1.807) is 0 Å². The van der Waals surface area contributed by atoms with Crippen LogP contribution in [0, 0.1) is 28.1 Å². The molecule has 3 aliphatic rings. The highest BCUT2D eigenvalue weighted by Crippen LogP contribution is 2.66. The van der Waals surface area contributed by atoms with Crippen molar-refractivity contribution in [3.8, 4) is 0 Å². The first-order valence-electron chi connectivity index (χ1n) is 9.22. The zero-order chi connectivity index (χ0) is 17.3. The lowest BCUT2D eigenvalue weighted by atomic mass is 9.40. The van der Waals surface area contributed by atoms with Crippen LogP contribution >= 0.6 is 0 Å². The molecule has 3 nitrogen and oxygen atoms in total. The van der Waals surface area contributed by atoms with E-state index in [0.29, 0.717) is 6.42 Å². The van der Waals surface area contributed by atoms with Gasteiger partial charge in [-0.2, -0.15) is 0 Å². The van der Waals surface area contributed by atoms with Crippen molar-refractivity contribution in [1.29, 1.82) is 0 Å². The molecular weight excluding hydrogens is 288 g/mol. The van der Waals surface area contributed by atoms with E-state index in [4.69, 9.17) is 0 Å². The lowest BCUT2D eigenvalue weighted by molar-refractivity contribution is -0.289. The van der Waals surface area contributed by atoms with Crippen LogP contribution in [0.4, 0.5) is 0 Å². The molecule has 0 saturated heterocycles. The zero-order valence-electron chi connectivity index (χ0n) is 15.2. The van der Waals surface area contributed by atoms with Gasteiger partial charge in [0.1, 0.15) is 6.10 Å². The fourth-order valence-electron chi connectivity index (χ4n) is 6.82. The predicted octanol–water partition coefficient (Wildman–Crippen LogP) is 3.28. The fourth-order valence-corrected chi connectivity index (χ4v) is 6.82. The molecule has 132 valence electrons. The van der Waals surface area contributed by atoms with Gasteiger partial charge in [-0.3, -0.25) is 0 Å². The van der Waals surface area contributed by atoms with E-state index in [-0.39, 0.29) is 28.1 Å². The molecule has 3 aliphatic carbocycles. The summed E-state index contributed by atoms with van der Waals surface area (Å²) in [5, 5.41) is 33.4. The first kappa shape index (κ1) is 17.4. The topological polar surface area (TPSA) is 60.7 Å². The maximum Gasteiger partial charge on any atom is 0.109 e. The Morgan fingerprint density at radius 1 is 1.04 bits per heavy atom. The van der Waals surface area contributed by atoms with E-state index in [9.17, 15) is 15.3 Å². The first-order valence-corrected chi connectivity index (χ1v) is 9.22. The third-order valence-electron chi connectivity index (χ3n) is 7.85. The van der Waals surface area contributed by atoms with Crippen LogP contribution < -0.4 is 0 Å². The maximum atomic E-state index is 11.5. The molecular formula is C20H34O3. The molecule has 7 unspecified atom stereocenters. The minimum Gasteiger partial charge on any atom is -0.390 e. The summed E-state index contributed by atoms with van der Waals surface area (Å²) in [5.74, 6) is 0.0862. The summed E-state index contributed by atoms with van der Waals surface area (Å²) in [6, 6.07) is 0. The van der Waals surface area contributed by atoms with Crippen LogP contribution in [-0.4, -0.2) is 33.1 Å². The zero-order valence-corrected chi connectivity index (χ0v) is 15.2. The third kappa shape index (κ3) is 2.26. The summed E-state index contributed by atoms with van der Waals surface area (Å²) in [7, 11) is 0. The number of rotatable bonds is 1. The van der Waals surface area contributed by atoms with Crippen LogP contribution in [-0.2, 0) is 0 Å². The van der Waals surface area contributed by atoms with Crippen LogP contribution in [0.1, 0.15) is 66.2 Å². The van der Waals surface area contributed by atoms with E-state index in [1.165, 1.54) is 0 Å². The molecule has 0 radical (unpaired) electrons. The average molecular weight is 322 g/mol. The Morgan fingerprint density at radius 3 is 2.30 bits per heavy atom. The van der Waals surface area contributed by atoms with Crippen molar-refractivity contribution in [1.82, 2.24) is 0 Å². The van der Waals surface area contributed by atoms with Crippen molar-refractivity contribution in [3.05, 3.63) is 12.7 Å². The Kier molecular flexibility index (Phi) is 3.84. The van der Waals surface area contributed by atoms with Gasteiger partial charge in [-0.25, -0.2) is 0 Å². The second-order valence-electron chi connectivity index (χ2n) is 9.88. The summed E-state index contributed by atoms with van der Waals surface area (Å²) in [6.45, 7) is 12.7. The molecule has 0 bridgehead atoms. The molecule has 0 spiro atoms. The molecule has 23 heavy (non-hydrogen) atoms. The average Bonchev–Trinajstić information content (AvgIpc) is 2.43. The number of aliphatic hydroxyl groups excluding tert-OH is 2. The molecule has 0 aliphatic heterocycles. The Morgan fingerprint density at radius 2 is 1.70 bits per heavy atom. The van der Waals surface area contributed by atoms with Gasteiger partial charge in [0.15, 0.2) is 0 Å². The van der Waals surface area contributed by atoms with Gasteiger partial charge < -0.3 is 15.3 Å². The van der Waals surface area contributed by atoms with Crippen molar-refractivity contribution < 1.29 is 15.3 Å². The number of aliphatic hydroxyl groups is 3. The summed E-state index contributed by atoms with van der Waals surface area (Å²) >= 11 is 0. The van der Waals surface area contributed by atoms with Gasteiger partial charge in [0, 0.05) is 0 Å². The molecule has 0 amide bonds. The maximum absolute atomic E-state index is 11.5. The van der Waals surface area contributed by atoms with Crippen LogP contribution in [0.5, 0.6) is 0 Å². The molecule has 3 N–H and O–H groups in total. The Bertz CT molecular complexity index is 501. The van der Waals surface area contributed by atoms with Crippen LogP contribution in [0.3, 0.4) is 0 Å². The van der Waals surface area contributed by atoms with Crippen LogP contribution in [0.2, 0.25) is 0 Å². The van der Waals surface area contributed by atoms with Crippen molar-refractivity contribution in [2.75, 3.05) is 0 Å². The van der Waals surface area contributed by atoms with Gasteiger partial charge in [-0.1, -0.05) is 40.2 Å². The van der Waals surface area contributed by atoms with Gasteiger partial charge in [0.25, 0.3) is 0 Å². The van der Waals surface area contributed by atoms with E-state index in [2.05, 4.69) is 34.3 Å². The highest BCUT2D eigenvalue weighted by molar-refractivity contribution is 5.19. The lowest BCUT2D eigenvalue weighted by Gasteiger charge is -2.67. The van der Waals surface area contributed by atoms with E-state index < -0.39 is 17.8 Å². The second-order valence-corrected chi connectivity index (χ2v) is 9.88. The fraction of sp³-hybridized carbons (Fsp3) is 0.900. The van der Waals surface area contributed by atoms with Gasteiger partial charge in [-0.15, -0.1) is 6.58 Å². The summed E-state index contributed by atoms with van der Waals surface area (Å²) in [5.41, 5.74) is -1.50. The van der Waals surface area contributed by atoms with E-state index in [1.807, 2.05) is 6.08 Å². The first-order chi connectivity index (χ1) is 10.5. The van der Waals surface area contributed by atoms with Gasteiger partial charge in [0.05, 0.1) is 11.7 Å². The standard InChI is InChI=1S/C20H34O3/c1-6-18(4)11-8-13-19(5)10-7-9-17(2,3)15(19)14(21)16(22)20(13,23)12-18/h6,13-16,21-23H,1,7-12H2,2-5H3. The Labute approximate surface area is 140 Å². The predicted molar refractivity (Wildman–Crippen MR) is 91.8 cm³/mol.